The molecule has 0 aliphatic rings. The van der Waals surface area contributed by atoms with E-state index >= 15 is 0 Å². The molecule has 2 aromatic rings. The lowest BCUT2D eigenvalue weighted by molar-refractivity contribution is 1.11. The number of rotatable bonds is 2. The van der Waals surface area contributed by atoms with Crippen LogP contribution in [0.25, 0.3) is 0 Å². The van der Waals surface area contributed by atoms with Crippen molar-refractivity contribution in [2.45, 2.75) is 13.8 Å². The van der Waals surface area contributed by atoms with Gasteiger partial charge in [-0.1, -0.05) is 29.3 Å². The molecule has 0 bridgehead atoms. The lowest BCUT2D eigenvalue weighted by Crippen LogP contribution is -1.98. The molecule has 0 fully saturated rings. The zero-order valence-electron chi connectivity index (χ0n) is 9.16. The fraction of sp³-hybridized carbons (Fsp3) is 0.167. The number of halogens is 1. The molecule has 0 aliphatic heterocycles. The van der Waals surface area contributed by atoms with Gasteiger partial charge in [0, 0.05) is 11.4 Å². The first-order chi connectivity index (χ1) is 7.63. The minimum atomic E-state index is 0.446. The molecule has 16 heavy (non-hydrogen) atoms. The van der Waals surface area contributed by atoms with Gasteiger partial charge in [-0.05, 0) is 32.0 Å². The summed E-state index contributed by atoms with van der Waals surface area (Å²) in [6, 6.07) is 9.74. The molecule has 82 valence electrons. The molecule has 1 aromatic carbocycles. The topological polar surface area (TPSA) is 37.8 Å². The van der Waals surface area contributed by atoms with E-state index in [4.69, 9.17) is 11.6 Å². The van der Waals surface area contributed by atoms with E-state index in [0.29, 0.717) is 11.1 Å². The smallest absolute Gasteiger partial charge is 0.228 e. The van der Waals surface area contributed by atoms with Crippen molar-refractivity contribution in [2.75, 3.05) is 5.32 Å². The number of benzene rings is 1. The largest absolute Gasteiger partial charge is 0.324 e. The Bertz CT molecular complexity index is 474. The number of hydrogen-bond acceptors (Lipinski definition) is 3. The first-order valence-electron chi connectivity index (χ1n) is 4.98. The second-order valence-corrected chi connectivity index (χ2v) is 4.03. The summed E-state index contributed by atoms with van der Waals surface area (Å²) in [6.07, 6.45) is 0. The van der Waals surface area contributed by atoms with E-state index in [2.05, 4.69) is 15.3 Å². The maximum Gasteiger partial charge on any atom is 0.228 e. The summed E-state index contributed by atoms with van der Waals surface area (Å²) in [5.74, 6) is 0.522. The number of nitrogens with zero attached hydrogens (tertiary/aromatic N) is 2. The molecule has 1 aromatic heterocycles. The summed E-state index contributed by atoms with van der Waals surface area (Å²) < 4.78 is 0. The first-order valence-corrected chi connectivity index (χ1v) is 5.36. The van der Waals surface area contributed by atoms with Crippen molar-refractivity contribution in [1.29, 1.82) is 0 Å². The highest BCUT2D eigenvalue weighted by Gasteiger charge is 2.00. The molecule has 0 saturated heterocycles. The Morgan fingerprint density at radius 1 is 1.06 bits per heavy atom. The number of aromatic nitrogens is 2. The van der Waals surface area contributed by atoms with Gasteiger partial charge < -0.3 is 5.32 Å². The second kappa shape index (κ2) is 4.49. The van der Waals surface area contributed by atoms with Crippen LogP contribution in [0, 0.1) is 13.8 Å². The van der Waals surface area contributed by atoms with Crippen LogP contribution >= 0.6 is 11.6 Å². The molecular formula is C12H12ClN3. The molecule has 4 heteroatoms. The van der Waals surface area contributed by atoms with E-state index in [1.165, 1.54) is 5.56 Å². The quantitative estimate of drug-likeness (QED) is 0.807. The van der Waals surface area contributed by atoms with E-state index in [1.807, 2.05) is 38.1 Å². The predicted octanol–water partition coefficient (Wildman–Crippen LogP) is 3.49. The van der Waals surface area contributed by atoms with Crippen LogP contribution in [0.15, 0.2) is 30.3 Å². The lowest BCUT2D eigenvalue weighted by Gasteiger charge is -2.05. The van der Waals surface area contributed by atoms with Crippen LogP contribution in [0.5, 0.6) is 0 Å². The monoisotopic (exact) mass is 233 g/mol. The number of nitrogens with one attached hydrogen (secondary N) is 1. The molecule has 1 N–H and O–H groups in total. The van der Waals surface area contributed by atoms with Crippen molar-refractivity contribution >= 4 is 23.2 Å². The Morgan fingerprint density at radius 2 is 1.75 bits per heavy atom. The fourth-order valence-corrected chi connectivity index (χ4v) is 1.59. The third kappa shape index (κ3) is 2.70. The number of hydrogen-bond donors (Lipinski definition) is 1. The minimum Gasteiger partial charge on any atom is -0.324 e. The van der Waals surface area contributed by atoms with Crippen LogP contribution in [0.3, 0.4) is 0 Å². The summed E-state index contributed by atoms with van der Waals surface area (Å²) in [5.41, 5.74) is 3.01. The Kier molecular flexibility index (Phi) is 3.06. The third-order valence-corrected chi connectivity index (χ3v) is 2.32. The standard InChI is InChI=1S/C12H12ClN3/c1-8-3-5-10(6-4-8)15-12-14-9(2)7-11(13)16-12/h3-7H,1-2H3,(H,14,15,16). The Labute approximate surface area is 99.5 Å². The molecule has 0 unspecified atom stereocenters. The van der Waals surface area contributed by atoms with Crippen molar-refractivity contribution < 1.29 is 0 Å². The van der Waals surface area contributed by atoms with Gasteiger partial charge in [0.1, 0.15) is 5.15 Å². The fourth-order valence-electron chi connectivity index (χ4n) is 1.35. The van der Waals surface area contributed by atoms with Crippen molar-refractivity contribution in [2.24, 2.45) is 0 Å². The van der Waals surface area contributed by atoms with Crippen LogP contribution in [0.2, 0.25) is 5.15 Å². The van der Waals surface area contributed by atoms with E-state index < -0.39 is 0 Å². The van der Waals surface area contributed by atoms with Gasteiger partial charge in [0.05, 0.1) is 0 Å². The molecule has 2 rings (SSSR count). The van der Waals surface area contributed by atoms with Gasteiger partial charge in [-0.3, -0.25) is 0 Å². The van der Waals surface area contributed by atoms with Gasteiger partial charge in [-0.15, -0.1) is 0 Å². The van der Waals surface area contributed by atoms with Crippen molar-refractivity contribution in [3.05, 3.63) is 46.7 Å². The molecule has 0 amide bonds. The molecule has 0 radical (unpaired) electrons. The molecule has 1 heterocycles. The maximum atomic E-state index is 5.85. The average molecular weight is 234 g/mol. The van der Waals surface area contributed by atoms with Crippen LogP contribution in [-0.4, -0.2) is 9.97 Å². The number of anilines is 2. The van der Waals surface area contributed by atoms with Gasteiger partial charge in [-0.2, -0.15) is 0 Å². The molecule has 0 atom stereocenters. The summed E-state index contributed by atoms with van der Waals surface area (Å²) >= 11 is 5.85. The lowest BCUT2D eigenvalue weighted by atomic mass is 10.2. The van der Waals surface area contributed by atoms with Gasteiger partial charge >= 0.3 is 0 Å². The summed E-state index contributed by atoms with van der Waals surface area (Å²) in [6.45, 7) is 3.93. The van der Waals surface area contributed by atoms with Crippen molar-refractivity contribution in [1.82, 2.24) is 9.97 Å². The highest BCUT2D eigenvalue weighted by atomic mass is 35.5. The Hall–Kier alpha value is -1.61. The zero-order valence-corrected chi connectivity index (χ0v) is 9.92. The van der Waals surface area contributed by atoms with E-state index in [0.717, 1.165) is 11.4 Å². The predicted molar refractivity (Wildman–Crippen MR) is 66.2 cm³/mol. The molecule has 0 saturated carbocycles. The Balaban J connectivity index is 2.23. The van der Waals surface area contributed by atoms with Gasteiger partial charge in [0.15, 0.2) is 0 Å². The molecule has 3 nitrogen and oxygen atoms in total. The molecular weight excluding hydrogens is 222 g/mol. The highest BCUT2D eigenvalue weighted by Crippen LogP contribution is 2.16. The van der Waals surface area contributed by atoms with E-state index in [9.17, 15) is 0 Å². The number of aryl methyl sites for hydroxylation is 2. The van der Waals surface area contributed by atoms with Gasteiger partial charge in [0.2, 0.25) is 5.95 Å². The van der Waals surface area contributed by atoms with Crippen LogP contribution in [0.1, 0.15) is 11.3 Å². The highest BCUT2D eigenvalue weighted by molar-refractivity contribution is 6.29. The molecule has 0 spiro atoms. The summed E-state index contributed by atoms with van der Waals surface area (Å²) in [5, 5.41) is 3.55. The van der Waals surface area contributed by atoms with Crippen LogP contribution < -0.4 is 5.32 Å². The van der Waals surface area contributed by atoms with Crippen LogP contribution in [-0.2, 0) is 0 Å². The van der Waals surface area contributed by atoms with Crippen LogP contribution in [0.4, 0.5) is 11.6 Å². The zero-order chi connectivity index (χ0) is 11.5. The van der Waals surface area contributed by atoms with Crippen molar-refractivity contribution in [3.8, 4) is 0 Å². The summed E-state index contributed by atoms with van der Waals surface area (Å²) in [7, 11) is 0. The van der Waals surface area contributed by atoms with E-state index in [1.54, 1.807) is 6.07 Å². The Morgan fingerprint density at radius 3 is 2.38 bits per heavy atom. The van der Waals surface area contributed by atoms with Gasteiger partial charge in [0.25, 0.3) is 0 Å². The first kappa shape index (κ1) is 10.9. The average Bonchev–Trinajstić information content (AvgIpc) is 2.20. The van der Waals surface area contributed by atoms with Crippen molar-refractivity contribution in [3.63, 3.8) is 0 Å². The molecule has 0 aliphatic carbocycles. The summed E-state index contributed by atoms with van der Waals surface area (Å²) in [4.78, 5) is 8.34. The normalized spacial score (nSPS) is 10.2. The minimum absolute atomic E-state index is 0.446. The second-order valence-electron chi connectivity index (χ2n) is 3.65. The van der Waals surface area contributed by atoms with Gasteiger partial charge in [-0.25, -0.2) is 9.97 Å². The third-order valence-electron chi connectivity index (χ3n) is 2.13. The van der Waals surface area contributed by atoms with E-state index in [-0.39, 0.29) is 0 Å². The SMILES string of the molecule is Cc1ccc(Nc2nc(C)cc(Cl)n2)cc1. The maximum absolute atomic E-state index is 5.85.